The summed E-state index contributed by atoms with van der Waals surface area (Å²) in [4.78, 5) is 16.5. The summed E-state index contributed by atoms with van der Waals surface area (Å²) >= 11 is 0. The second-order valence-corrected chi connectivity index (χ2v) is 5.84. The molecule has 1 aliphatic carbocycles. The van der Waals surface area contributed by atoms with E-state index in [2.05, 4.69) is 29.0 Å². The van der Waals surface area contributed by atoms with Crippen molar-refractivity contribution in [2.45, 2.75) is 52.1 Å². The lowest BCUT2D eigenvalue weighted by atomic mass is 10.0. The van der Waals surface area contributed by atoms with Gasteiger partial charge in [-0.15, -0.1) is 0 Å². The van der Waals surface area contributed by atoms with Gasteiger partial charge in [0.1, 0.15) is 0 Å². The number of carbonyl (C=O) groups excluding carboxylic acids is 1. The molecule has 0 radical (unpaired) electrons. The lowest BCUT2D eigenvalue weighted by Crippen LogP contribution is -2.43. The van der Waals surface area contributed by atoms with Crippen LogP contribution >= 0.6 is 0 Å². The molecule has 2 fully saturated rings. The molecule has 1 aliphatic heterocycles. The van der Waals surface area contributed by atoms with Crippen molar-refractivity contribution in [2.24, 2.45) is 5.92 Å². The molecule has 2 rings (SSSR count). The van der Waals surface area contributed by atoms with E-state index in [1.54, 1.807) is 0 Å². The van der Waals surface area contributed by atoms with Crippen LogP contribution in [-0.4, -0.2) is 54.6 Å². The first-order chi connectivity index (χ1) is 9.26. The van der Waals surface area contributed by atoms with E-state index in [0.29, 0.717) is 24.5 Å². The quantitative estimate of drug-likeness (QED) is 0.762. The Labute approximate surface area is 117 Å². The van der Waals surface area contributed by atoms with E-state index in [9.17, 15) is 4.79 Å². The van der Waals surface area contributed by atoms with Crippen molar-refractivity contribution >= 4 is 5.91 Å². The predicted molar refractivity (Wildman–Crippen MR) is 77.9 cm³/mol. The van der Waals surface area contributed by atoms with Crippen LogP contribution in [0.3, 0.4) is 0 Å². The number of nitrogens with one attached hydrogen (secondary N) is 1. The largest absolute Gasteiger partial charge is 0.326 e. The highest BCUT2D eigenvalue weighted by molar-refractivity contribution is 5.80. The highest BCUT2D eigenvalue weighted by Crippen LogP contribution is 2.30. The average molecular weight is 267 g/mol. The number of hydrogen-bond acceptors (Lipinski definition) is 3. The van der Waals surface area contributed by atoms with Crippen molar-refractivity contribution < 1.29 is 4.79 Å². The fourth-order valence-corrected chi connectivity index (χ4v) is 3.52. The van der Waals surface area contributed by atoms with Crippen molar-refractivity contribution in [3.63, 3.8) is 0 Å². The molecule has 1 N–H and O–H groups in total. The van der Waals surface area contributed by atoms with Gasteiger partial charge in [-0.25, -0.2) is 0 Å². The van der Waals surface area contributed by atoms with Gasteiger partial charge >= 0.3 is 0 Å². The van der Waals surface area contributed by atoms with Gasteiger partial charge in [0.05, 0.1) is 12.7 Å². The maximum atomic E-state index is 12.0. The summed E-state index contributed by atoms with van der Waals surface area (Å²) in [7, 11) is 0. The van der Waals surface area contributed by atoms with Crippen molar-refractivity contribution in [1.82, 2.24) is 15.1 Å². The zero-order chi connectivity index (χ0) is 13.7. The van der Waals surface area contributed by atoms with Crippen LogP contribution in [0.4, 0.5) is 0 Å². The van der Waals surface area contributed by atoms with Gasteiger partial charge < -0.3 is 9.80 Å². The lowest BCUT2D eigenvalue weighted by Gasteiger charge is -2.30. The van der Waals surface area contributed by atoms with E-state index >= 15 is 0 Å². The molecular formula is C15H29N3O. The molecule has 0 aromatic rings. The molecule has 0 aromatic heterocycles. The van der Waals surface area contributed by atoms with Crippen LogP contribution in [0, 0.1) is 5.92 Å². The monoisotopic (exact) mass is 267 g/mol. The van der Waals surface area contributed by atoms with Crippen molar-refractivity contribution in [1.29, 1.82) is 0 Å². The fraction of sp³-hybridized carbons (Fsp3) is 0.933. The molecule has 0 spiro atoms. The number of nitrogens with zero attached hydrogens (tertiary/aromatic N) is 2. The minimum Gasteiger partial charge on any atom is -0.326 e. The molecule has 0 bridgehead atoms. The normalized spacial score (nSPS) is 24.9. The number of amides is 1. The van der Waals surface area contributed by atoms with Gasteiger partial charge in [-0.3, -0.25) is 10.1 Å². The smallest absolute Gasteiger partial charge is 0.237 e. The molecular weight excluding hydrogens is 238 g/mol. The standard InChI is InChI=1S/C15H29N3O/c1-3-17(4-2)10-7-11-18-14(19)12-16-15(18)13-8-5-6-9-13/h13,15-16H,3-12H2,1-2H3. The topological polar surface area (TPSA) is 35.6 Å². The van der Waals surface area contributed by atoms with E-state index in [1.165, 1.54) is 25.7 Å². The van der Waals surface area contributed by atoms with Gasteiger partial charge in [-0.1, -0.05) is 26.7 Å². The van der Waals surface area contributed by atoms with Crippen LogP contribution in [0.25, 0.3) is 0 Å². The Balaban J connectivity index is 1.80. The van der Waals surface area contributed by atoms with E-state index in [1.807, 2.05) is 0 Å². The summed E-state index contributed by atoms with van der Waals surface area (Å²) in [6.45, 7) is 9.19. The summed E-state index contributed by atoms with van der Waals surface area (Å²) in [6, 6.07) is 0. The molecule has 1 saturated heterocycles. The number of carbonyl (C=O) groups is 1. The zero-order valence-corrected chi connectivity index (χ0v) is 12.5. The number of rotatable bonds is 7. The Morgan fingerprint density at radius 1 is 1.26 bits per heavy atom. The Bertz CT molecular complexity index is 285. The predicted octanol–water partition coefficient (Wildman–Crippen LogP) is 1.67. The van der Waals surface area contributed by atoms with E-state index in [0.717, 1.165) is 32.6 Å². The van der Waals surface area contributed by atoms with Crippen LogP contribution in [0.2, 0.25) is 0 Å². The molecule has 110 valence electrons. The van der Waals surface area contributed by atoms with Crippen molar-refractivity contribution in [3.05, 3.63) is 0 Å². The summed E-state index contributed by atoms with van der Waals surface area (Å²) in [5.41, 5.74) is 0. The highest BCUT2D eigenvalue weighted by atomic mass is 16.2. The zero-order valence-electron chi connectivity index (χ0n) is 12.5. The van der Waals surface area contributed by atoms with Gasteiger partial charge in [0.2, 0.25) is 5.91 Å². The van der Waals surface area contributed by atoms with Gasteiger partial charge in [-0.2, -0.15) is 0 Å². The summed E-state index contributed by atoms with van der Waals surface area (Å²) < 4.78 is 0. The van der Waals surface area contributed by atoms with Crippen LogP contribution < -0.4 is 5.32 Å². The Hall–Kier alpha value is -0.610. The molecule has 1 heterocycles. The molecule has 1 saturated carbocycles. The van der Waals surface area contributed by atoms with Gasteiger partial charge in [-0.05, 0) is 44.8 Å². The minimum absolute atomic E-state index is 0.302. The Morgan fingerprint density at radius 3 is 2.58 bits per heavy atom. The van der Waals surface area contributed by atoms with Crippen LogP contribution in [0.1, 0.15) is 46.0 Å². The fourth-order valence-electron chi connectivity index (χ4n) is 3.52. The van der Waals surface area contributed by atoms with E-state index in [4.69, 9.17) is 0 Å². The van der Waals surface area contributed by atoms with E-state index in [-0.39, 0.29) is 0 Å². The minimum atomic E-state index is 0.302. The molecule has 0 aromatic carbocycles. The van der Waals surface area contributed by atoms with E-state index < -0.39 is 0 Å². The Kier molecular flexibility index (Phi) is 5.64. The molecule has 4 nitrogen and oxygen atoms in total. The molecule has 1 atom stereocenters. The maximum absolute atomic E-state index is 12.0. The summed E-state index contributed by atoms with van der Waals surface area (Å²) in [6.07, 6.45) is 6.67. The van der Waals surface area contributed by atoms with Crippen molar-refractivity contribution in [2.75, 3.05) is 32.7 Å². The second kappa shape index (κ2) is 7.25. The van der Waals surface area contributed by atoms with Crippen LogP contribution in [0.15, 0.2) is 0 Å². The Morgan fingerprint density at radius 2 is 1.95 bits per heavy atom. The van der Waals surface area contributed by atoms with Crippen molar-refractivity contribution in [3.8, 4) is 0 Å². The average Bonchev–Trinajstić information content (AvgIpc) is 3.05. The third-order valence-electron chi connectivity index (χ3n) is 4.73. The first-order valence-corrected chi connectivity index (χ1v) is 8.01. The van der Waals surface area contributed by atoms with Gasteiger partial charge in [0.15, 0.2) is 0 Å². The molecule has 1 amide bonds. The molecule has 19 heavy (non-hydrogen) atoms. The van der Waals surface area contributed by atoms with Crippen LogP contribution in [0.5, 0.6) is 0 Å². The molecule has 2 aliphatic rings. The van der Waals surface area contributed by atoms with Gasteiger partial charge in [0, 0.05) is 6.54 Å². The molecule has 4 heteroatoms. The van der Waals surface area contributed by atoms with Crippen LogP contribution in [-0.2, 0) is 4.79 Å². The first kappa shape index (κ1) is 14.8. The second-order valence-electron chi connectivity index (χ2n) is 5.84. The third-order valence-corrected chi connectivity index (χ3v) is 4.73. The highest BCUT2D eigenvalue weighted by Gasteiger charge is 2.36. The van der Waals surface area contributed by atoms with Gasteiger partial charge in [0.25, 0.3) is 0 Å². The summed E-state index contributed by atoms with van der Waals surface area (Å²) in [5.74, 6) is 0.997. The lowest BCUT2D eigenvalue weighted by molar-refractivity contribution is -0.128. The SMILES string of the molecule is CCN(CC)CCCN1C(=O)CNC1C1CCCC1. The maximum Gasteiger partial charge on any atom is 0.237 e. The summed E-state index contributed by atoms with van der Waals surface area (Å²) in [5, 5.41) is 3.43. The molecule has 1 unspecified atom stereocenters. The number of hydrogen-bond donors (Lipinski definition) is 1. The third kappa shape index (κ3) is 3.69. The first-order valence-electron chi connectivity index (χ1n) is 8.01.